The lowest BCUT2D eigenvalue weighted by molar-refractivity contribution is -0.141. The molecule has 1 amide bonds. The molecule has 0 radical (unpaired) electrons. The highest BCUT2D eigenvalue weighted by Crippen LogP contribution is 2.56. The monoisotopic (exact) mass is 571 g/mol. The normalized spacial score (nSPS) is 18.0. The van der Waals surface area contributed by atoms with Crippen molar-refractivity contribution < 1.29 is 22.4 Å². The summed E-state index contributed by atoms with van der Waals surface area (Å²) in [4.78, 5) is 17.3. The lowest BCUT2D eigenvalue weighted by atomic mass is 9.97. The van der Waals surface area contributed by atoms with Gasteiger partial charge in [-0.15, -0.1) is 0 Å². The van der Waals surface area contributed by atoms with E-state index in [0.717, 1.165) is 16.3 Å². The van der Waals surface area contributed by atoms with E-state index in [0.29, 0.717) is 34.4 Å². The molecule has 1 fully saturated rings. The zero-order valence-electron chi connectivity index (χ0n) is 21.7. The summed E-state index contributed by atoms with van der Waals surface area (Å²) in [7, 11) is 0. The average molecular weight is 572 g/mol. The Morgan fingerprint density at radius 1 is 1.10 bits per heavy atom. The first-order valence-corrected chi connectivity index (χ1v) is 12.7. The molecule has 210 valence electrons. The number of nitrogens with two attached hydrogens (primary N) is 2. The molecule has 0 aliphatic heterocycles. The molecular weight excluding hydrogens is 550 g/mol. The topological polar surface area (TPSA) is 136 Å². The Hall–Kier alpha value is -5.28. The standard InChI is InChI=1S/C30H21F4N7O/c31-23-7-5-18(22-14-29(22,37)19-3-1-2-16(10-19)15-35)11-24(23)39-28(42)25-13-26(30(32,33)34)40-41(25)20-6-4-17-8-9-38-27(36)21(17)12-20/h1-13,22H,14,37H2,(H2,36,38)(H,39,42). The van der Waals surface area contributed by atoms with Gasteiger partial charge in [-0.3, -0.25) is 4.79 Å². The molecule has 0 bridgehead atoms. The first-order chi connectivity index (χ1) is 20.0. The molecule has 8 nitrogen and oxygen atoms in total. The molecule has 2 heterocycles. The summed E-state index contributed by atoms with van der Waals surface area (Å²) >= 11 is 0. The van der Waals surface area contributed by atoms with Gasteiger partial charge in [0.05, 0.1) is 23.0 Å². The quantitative estimate of drug-likeness (QED) is 0.234. The fraction of sp³-hybridized carbons (Fsp3) is 0.133. The van der Waals surface area contributed by atoms with Gasteiger partial charge in [-0.25, -0.2) is 14.1 Å². The summed E-state index contributed by atoms with van der Waals surface area (Å²) < 4.78 is 56.7. The van der Waals surface area contributed by atoms with E-state index in [2.05, 4.69) is 21.5 Å². The van der Waals surface area contributed by atoms with Gasteiger partial charge in [0, 0.05) is 29.1 Å². The molecule has 1 saturated carbocycles. The van der Waals surface area contributed by atoms with Crippen LogP contribution in [-0.2, 0) is 11.7 Å². The van der Waals surface area contributed by atoms with Crippen LogP contribution in [0.2, 0.25) is 0 Å². The first-order valence-electron chi connectivity index (χ1n) is 12.7. The Balaban J connectivity index is 1.33. The number of nitriles is 1. The molecular formula is C30H21F4N7O. The molecule has 12 heteroatoms. The minimum atomic E-state index is -4.85. The highest BCUT2D eigenvalue weighted by Gasteiger charge is 2.53. The van der Waals surface area contributed by atoms with Crippen molar-refractivity contribution in [2.24, 2.45) is 5.73 Å². The van der Waals surface area contributed by atoms with E-state index in [1.807, 2.05) is 6.07 Å². The Bertz CT molecular complexity index is 1930. The number of carbonyl (C=O) groups is 1. The molecule has 3 aromatic carbocycles. The number of alkyl halides is 3. The summed E-state index contributed by atoms with van der Waals surface area (Å²) in [5, 5.41) is 16.4. The second kappa shape index (κ2) is 9.67. The highest BCUT2D eigenvalue weighted by atomic mass is 19.4. The van der Waals surface area contributed by atoms with Crippen molar-refractivity contribution in [3.63, 3.8) is 0 Å². The lowest BCUT2D eigenvalue weighted by Gasteiger charge is -2.14. The number of anilines is 2. The van der Waals surface area contributed by atoms with Crippen molar-refractivity contribution in [3.05, 3.63) is 113 Å². The first kappa shape index (κ1) is 26.9. The molecule has 0 spiro atoms. The van der Waals surface area contributed by atoms with Crippen LogP contribution in [-0.4, -0.2) is 20.7 Å². The molecule has 6 rings (SSSR count). The molecule has 1 aliphatic carbocycles. The fourth-order valence-electron chi connectivity index (χ4n) is 5.12. The second-order valence-electron chi connectivity index (χ2n) is 10.1. The van der Waals surface area contributed by atoms with Gasteiger partial charge < -0.3 is 16.8 Å². The van der Waals surface area contributed by atoms with Crippen LogP contribution in [0.1, 0.15) is 45.2 Å². The van der Waals surface area contributed by atoms with Crippen LogP contribution in [0, 0.1) is 17.1 Å². The van der Waals surface area contributed by atoms with Gasteiger partial charge >= 0.3 is 6.18 Å². The van der Waals surface area contributed by atoms with Crippen molar-refractivity contribution in [3.8, 4) is 11.8 Å². The molecule has 42 heavy (non-hydrogen) atoms. The zero-order chi connectivity index (χ0) is 29.8. The van der Waals surface area contributed by atoms with Crippen molar-refractivity contribution >= 4 is 28.2 Å². The largest absolute Gasteiger partial charge is 0.435 e. The summed E-state index contributed by atoms with van der Waals surface area (Å²) in [6.07, 6.45) is -2.83. The Kier molecular flexibility index (Phi) is 6.20. The van der Waals surface area contributed by atoms with Crippen LogP contribution in [0.25, 0.3) is 16.5 Å². The van der Waals surface area contributed by atoms with E-state index in [1.165, 1.54) is 30.5 Å². The van der Waals surface area contributed by atoms with Gasteiger partial charge in [-0.05, 0) is 65.4 Å². The van der Waals surface area contributed by atoms with Crippen LogP contribution in [0.3, 0.4) is 0 Å². The molecule has 1 aliphatic rings. The zero-order valence-corrected chi connectivity index (χ0v) is 21.7. The minimum absolute atomic E-state index is 0.127. The summed E-state index contributed by atoms with van der Waals surface area (Å²) in [5.74, 6) is -1.88. The van der Waals surface area contributed by atoms with Crippen molar-refractivity contribution in [2.75, 3.05) is 11.1 Å². The minimum Gasteiger partial charge on any atom is -0.383 e. The molecule has 0 saturated heterocycles. The Morgan fingerprint density at radius 3 is 2.67 bits per heavy atom. The number of nitrogens with zero attached hydrogens (tertiary/aromatic N) is 4. The number of halogens is 4. The predicted octanol–water partition coefficient (Wildman–Crippen LogP) is 5.63. The van der Waals surface area contributed by atoms with E-state index >= 15 is 0 Å². The van der Waals surface area contributed by atoms with Gasteiger partial charge in [0.1, 0.15) is 17.3 Å². The second-order valence-corrected chi connectivity index (χ2v) is 10.1. The van der Waals surface area contributed by atoms with Crippen molar-refractivity contribution in [2.45, 2.75) is 24.1 Å². The van der Waals surface area contributed by atoms with Crippen molar-refractivity contribution in [1.82, 2.24) is 14.8 Å². The predicted molar refractivity (Wildman–Crippen MR) is 147 cm³/mol. The third-order valence-electron chi connectivity index (χ3n) is 7.43. The molecule has 5 aromatic rings. The van der Waals surface area contributed by atoms with Crippen LogP contribution in [0.15, 0.2) is 79.0 Å². The number of fused-ring (bicyclic) bond motifs is 1. The van der Waals surface area contributed by atoms with Crippen LogP contribution in [0.5, 0.6) is 0 Å². The maximum Gasteiger partial charge on any atom is 0.435 e. The number of aromatic nitrogens is 3. The molecule has 2 atom stereocenters. The third kappa shape index (κ3) is 4.69. The van der Waals surface area contributed by atoms with Gasteiger partial charge in [-0.1, -0.05) is 24.3 Å². The number of nitrogen functional groups attached to an aromatic ring is 1. The summed E-state index contributed by atoms with van der Waals surface area (Å²) in [6, 6.07) is 19.9. The maximum absolute atomic E-state index is 14.9. The SMILES string of the molecule is N#Cc1cccc(C2(N)CC2c2ccc(F)c(NC(=O)c3cc(C(F)(F)F)nn3-c3ccc4ccnc(N)c4c3)c2)c1. The maximum atomic E-state index is 14.9. The number of nitrogens with one attached hydrogen (secondary N) is 1. The van der Waals surface area contributed by atoms with Gasteiger partial charge in [-0.2, -0.15) is 23.5 Å². The Labute approximate surface area is 236 Å². The number of amides is 1. The van der Waals surface area contributed by atoms with Gasteiger partial charge in [0.25, 0.3) is 5.91 Å². The molecule has 5 N–H and O–H groups in total. The summed E-state index contributed by atoms with van der Waals surface area (Å²) in [5.41, 5.74) is 11.7. The van der Waals surface area contributed by atoms with Crippen LogP contribution >= 0.6 is 0 Å². The van der Waals surface area contributed by atoms with E-state index in [-0.39, 0.29) is 23.1 Å². The van der Waals surface area contributed by atoms with E-state index in [9.17, 15) is 27.6 Å². The Morgan fingerprint density at radius 2 is 1.90 bits per heavy atom. The highest BCUT2D eigenvalue weighted by molar-refractivity contribution is 6.04. The fourth-order valence-corrected chi connectivity index (χ4v) is 5.12. The van der Waals surface area contributed by atoms with E-state index in [1.54, 1.807) is 30.3 Å². The van der Waals surface area contributed by atoms with Gasteiger partial charge in [0.2, 0.25) is 0 Å². The molecule has 2 aromatic heterocycles. The number of rotatable bonds is 5. The number of hydrogen-bond donors (Lipinski definition) is 3. The smallest absolute Gasteiger partial charge is 0.383 e. The van der Waals surface area contributed by atoms with Crippen LogP contribution < -0.4 is 16.8 Å². The summed E-state index contributed by atoms with van der Waals surface area (Å²) in [6.45, 7) is 0. The third-order valence-corrected chi connectivity index (χ3v) is 7.43. The average Bonchev–Trinajstić information content (AvgIpc) is 3.45. The van der Waals surface area contributed by atoms with Crippen molar-refractivity contribution in [1.29, 1.82) is 5.26 Å². The van der Waals surface area contributed by atoms with Crippen LogP contribution in [0.4, 0.5) is 29.1 Å². The van der Waals surface area contributed by atoms with E-state index < -0.39 is 34.8 Å². The number of carbonyl (C=O) groups excluding carboxylic acids is 1. The van der Waals surface area contributed by atoms with Gasteiger partial charge in [0.15, 0.2) is 5.69 Å². The number of benzene rings is 3. The molecule has 2 unspecified atom stereocenters. The number of hydrogen-bond acceptors (Lipinski definition) is 6. The van der Waals surface area contributed by atoms with E-state index in [4.69, 9.17) is 11.5 Å². The number of pyridine rings is 1. The lowest BCUT2D eigenvalue weighted by Crippen LogP contribution is -2.22.